The Morgan fingerprint density at radius 3 is 2.17 bits per heavy atom. The summed E-state index contributed by atoms with van der Waals surface area (Å²) < 4.78 is 0. The van der Waals surface area contributed by atoms with Crippen molar-refractivity contribution in [2.45, 2.75) is 19.9 Å². The Labute approximate surface area is 171 Å². The van der Waals surface area contributed by atoms with Gasteiger partial charge in [-0.05, 0) is 48.8 Å². The molecule has 0 saturated heterocycles. The van der Waals surface area contributed by atoms with Gasteiger partial charge in [0.05, 0.1) is 6.04 Å². The Morgan fingerprint density at radius 2 is 1.62 bits per heavy atom. The Bertz CT molecular complexity index is 1040. The van der Waals surface area contributed by atoms with Gasteiger partial charge in [0.25, 0.3) is 11.8 Å². The molecule has 29 heavy (non-hydrogen) atoms. The molecule has 1 aliphatic rings. The molecule has 2 aromatic rings. The molecule has 2 aromatic carbocycles. The molecule has 3 rings (SSSR count). The van der Waals surface area contributed by atoms with Gasteiger partial charge in [-0.15, -0.1) is 0 Å². The Balaban J connectivity index is 2.07. The van der Waals surface area contributed by atoms with Crippen LogP contribution < -0.4 is 4.90 Å². The second-order valence-corrected chi connectivity index (χ2v) is 7.22. The molecule has 0 spiro atoms. The molecule has 0 aromatic heterocycles. The number of benzene rings is 2. The molecule has 0 bridgehead atoms. The lowest BCUT2D eigenvalue weighted by molar-refractivity contribution is -0.143. The van der Waals surface area contributed by atoms with E-state index in [2.05, 4.69) is 0 Å². The van der Waals surface area contributed by atoms with Gasteiger partial charge in [0, 0.05) is 25.4 Å². The van der Waals surface area contributed by atoms with Crippen molar-refractivity contribution < 1.29 is 9.59 Å². The molecule has 1 heterocycles. The van der Waals surface area contributed by atoms with Crippen molar-refractivity contribution in [2.75, 3.05) is 19.0 Å². The van der Waals surface area contributed by atoms with Crippen LogP contribution in [0.2, 0.25) is 0 Å². The van der Waals surface area contributed by atoms with Crippen LogP contribution in [-0.4, -0.2) is 30.8 Å². The van der Waals surface area contributed by atoms with Crippen molar-refractivity contribution in [3.8, 4) is 6.07 Å². The molecule has 5 heteroatoms. The van der Waals surface area contributed by atoms with Crippen molar-refractivity contribution >= 4 is 23.6 Å². The fraction of sp³-hybridized carbons (Fsp3) is 0.208. The number of rotatable bonds is 4. The maximum absolute atomic E-state index is 13.3. The van der Waals surface area contributed by atoms with Crippen LogP contribution in [0.5, 0.6) is 0 Å². The molecular formula is C24H23N3O2. The summed E-state index contributed by atoms with van der Waals surface area (Å²) in [6.07, 6.45) is 1.74. The molecule has 0 saturated carbocycles. The summed E-state index contributed by atoms with van der Waals surface area (Å²) in [7, 11) is 3.91. The highest BCUT2D eigenvalue weighted by molar-refractivity contribution is 6.19. The molecule has 5 nitrogen and oxygen atoms in total. The van der Waals surface area contributed by atoms with E-state index in [1.807, 2.05) is 79.7 Å². The number of nitrogens with zero attached hydrogens (tertiary/aromatic N) is 3. The summed E-state index contributed by atoms with van der Waals surface area (Å²) >= 11 is 0. The van der Waals surface area contributed by atoms with Crippen LogP contribution in [-0.2, 0) is 9.59 Å². The lowest BCUT2D eigenvalue weighted by Gasteiger charge is -2.32. The van der Waals surface area contributed by atoms with E-state index in [1.54, 1.807) is 19.9 Å². The zero-order valence-electron chi connectivity index (χ0n) is 17.0. The number of amides is 2. The molecule has 1 unspecified atom stereocenters. The number of nitriles is 1. The molecule has 1 aliphatic heterocycles. The summed E-state index contributed by atoms with van der Waals surface area (Å²) in [5.41, 5.74) is 3.49. The van der Waals surface area contributed by atoms with Crippen LogP contribution in [0.25, 0.3) is 6.08 Å². The summed E-state index contributed by atoms with van der Waals surface area (Å²) in [5, 5.41) is 9.57. The monoisotopic (exact) mass is 385 g/mol. The first-order valence-corrected chi connectivity index (χ1v) is 9.38. The summed E-state index contributed by atoms with van der Waals surface area (Å²) in [4.78, 5) is 29.4. The summed E-state index contributed by atoms with van der Waals surface area (Å²) in [5.74, 6) is -0.939. The molecule has 0 N–H and O–H groups in total. The molecule has 0 aliphatic carbocycles. The minimum absolute atomic E-state index is 0.00328. The zero-order valence-corrected chi connectivity index (χ0v) is 17.0. The van der Waals surface area contributed by atoms with Gasteiger partial charge < -0.3 is 4.90 Å². The smallest absolute Gasteiger partial charge is 0.272 e. The molecule has 0 radical (unpaired) electrons. The van der Waals surface area contributed by atoms with Gasteiger partial charge in [0.15, 0.2) is 0 Å². The van der Waals surface area contributed by atoms with Gasteiger partial charge in [-0.1, -0.05) is 42.5 Å². The van der Waals surface area contributed by atoms with Crippen molar-refractivity contribution in [3.05, 3.63) is 82.4 Å². The Morgan fingerprint density at radius 1 is 1.00 bits per heavy atom. The molecule has 2 amide bonds. The topological polar surface area (TPSA) is 64.4 Å². The first-order valence-electron chi connectivity index (χ1n) is 9.38. The third-order valence-electron chi connectivity index (χ3n) is 5.16. The Kier molecular flexibility index (Phi) is 5.65. The molecule has 0 fully saturated rings. The maximum Gasteiger partial charge on any atom is 0.272 e. The van der Waals surface area contributed by atoms with E-state index in [9.17, 15) is 14.9 Å². The Hall–Kier alpha value is -3.65. The highest BCUT2D eigenvalue weighted by Crippen LogP contribution is 2.32. The van der Waals surface area contributed by atoms with E-state index >= 15 is 0 Å². The van der Waals surface area contributed by atoms with Crippen molar-refractivity contribution in [1.82, 2.24) is 4.90 Å². The van der Waals surface area contributed by atoms with Crippen LogP contribution in [0.1, 0.15) is 31.0 Å². The lowest BCUT2D eigenvalue weighted by atomic mass is 9.91. The molecule has 146 valence electrons. The summed E-state index contributed by atoms with van der Waals surface area (Å²) in [6, 6.07) is 18.6. The van der Waals surface area contributed by atoms with Crippen molar-refractivity contribution in [3.63, 3.8) is 0 Å². The average molecular weight is 385 g/mol. The predicted molar refractivity (Wildman–Crippen MR) is 114 cm³/mol. The second kappa shape index (κ2) is 8.15. The third-order valence-corrected chi connectivity index (χ3v) is 5.16. The van der Waals surface area contributed by atoms with E-state index in [0.717, 1.165) is 16.8 Å². The van der Waals surface area contributed by atoms with Gasteiger partial charge >= 0.3 is 0 Å². The van der Waals surface area contributed by atoms with E-state index < -0.39 is 11.9 Å². The van der Waals surface area contributed by atoms with Crippen LogP contribution in [0.15, 0.2) is 71.3 Å². The lowest BCUT2D eigenvalue weighted by Crippen LogP contribution is -2.44. The normalized spacial score (nSPS) is 16.8. The highest BCUT2D eigenvalue weighted by atomic mass is 16.2. The summed E-state index contributed by atoms with van der Waals surface area (Å²) in [6.45, 7) is 3.45. The number of imide groups is 1. The molecular weight excluding hydrogens is 362 g/mol. The van der Waals surface area contributed by atoms with Gasteiger partial charge in [-0.3, -0.25) is 14.5 Å². The fourth-order valence-corrected chi connectivity index (χ4v) is 3.37. The zero-order chi connectivity index (χ0) is 21.1. The number of carbonyl (C=O) groups is 2. The number of anilines is 1. The maximum atomic E-state index is 13.3. The minimum Gasteiger partial charge on any atom is -0.378 e. The van der Waals surface area contributed by atoms with Gasteiger partial charge in [-0.25, -0.2) is 0 Å². The van der Waals surface area contributed by atoms with E-state index in [-0.39, 0.29) is 11.5 Å². The van der Waals surface area contributed by atoms with E-state index in [4.69, 9.17) is 0 Å². The predicted octanol–water partition coefficient (Wildman–Crippen LogP) is 4.11. The number of hydrogen-bond donors (Lipinski definition) is 0. The van der Waals surface area contributed by atoms with Crippen molar-refractivity contribution in [2.24, 2.45) is 0 Å². The van der Waals surface area contributed by atoms with Gasteiger partial charge in [0.1, 0.15) is 11.6 Å². The standard InChI is InChI=1S/C24H23N3O2/c1-16-21(14-18-10-12-20(13-11-18)26(3)4)23(28)27(24(29)22(16)15-25)17(2)19-8-6-5-7-9-19/h5-14,17H,1-4H3/b21-14+. The molecule has 1 atom stereocenters. The fourth-order valence-electron chi connectivity index (χ4n) is 3.37. The van der Waals surface area contributed by atoms with Crippen LogP contribution in [0, 0.1) is 11.3 Å². The van der Waals surface area contributed by atoms with Crippen LogP contribution in [0.4, 0.5) is 5.69 Å². The van der Waals surface area contributed by atoms with E-state index in [1.165, 1.54) is 4.90 Å². The number of carbonyl (C=O) groups excluding carboxylic acids is 2. The highest BCUT2D eigenvalue weighted by Gasteiger charge is 2.38. The van der Waals surface area contributed by atoms with Crippen LogP contribution >= 0.6 is 0 Å². The van der Waals surface area contributed by atoms with Crippen LogP contribution in [0.3, 0.4) is 0 Å². The van der Waals surface area contributed by atoms with E-state index in [0.29, 0.717) is 11.1 Å². The van der Waals surface area contributed by atoms with Gasteiger partial charge in [-0.2, -0.15) is 5.26 Å². The quantitative estimate of drug-likeness (QED) is 0.587. The first-order chi connectivity index (χ1) is 13.8. The third kappa shape index (κ3) is 3.83. The largest absolute Gasteiger partial charge is 0.378 e. The minimum atomic E-state index is -0.550. The SMILES string of the molecule is CC1=C(C#N)C(=O)N(C(C)c2ccccc2)C(=O)/C1=C/c1ccc(N(C)C)cc1. The average Bonchev–Trinajstić information content (AvgIpc) is 2.72. The second-order valence-electron chi connectivity index (χ2n) is 7.22. The first kappa shape index (κ1) is 20.1. The number of hydrogen-bond acceptors (Lipinski definition) is 4. The van der Waals surface area contributed by atoms with Gasteiger partial charge in [0.2, 0.25) is 0 Å². The van der Waals surface area contributed by atoms with Crippen molar-refractivity contribution in [1.29, 1.82) is 5.26 Å².